The molecule has 0 aliphatic heterocycles. The lowest BCUT2D eigenvalue weighted by Gasteiger charge is -2.08. The predicted molar refractivity (Wildman–Crippen MR) is 39.5 cm³/mol. The van der Waals surface area contributed by atoms with Gasteiger partial charge in [-0.3, -0.25) is 0 Å². The fourth-order valence-corrected chi connectivity index (χ4v) is 0.802. The first-order chi connectivity index (χ1) is 6.42. The van der Waals surface area contributed by atoms with E-state index in [0.29, 0.717) is 0 Å². The van der Waals surface area contributed by atoms with Gasteiger partial charge in [-0.1, -0.05) is 0 Å². The Morgan fingerprint density at radius 1 is 1.36 bits per heavy atom. The zero-order chi connectivity index (χ0) is 10.8. The van der Waals surface area contributed by atoms with Crippen molar-refractivity contribution >= 4 is 0 Å². The van der Waals surface area contributed by atoms with E-state index in [0.717, 1.165) is 18.2 Å². The second kappa shape index (κ2) is 3.46. The highest BCUT2D eigenvalue weighted by Gasteiger charge is 2.31. The average Bonchev–Trinajstić information content (AvgIpc) is 2.06. The first-order valence-corrected chi connectivity index (χ1v) is 3.41. The average molecular weight is 203 g/mol. The summed E-state index contributed by atoms with van der Waals surface area (Å²) in [6.07, 6.45) is -4.80. The molecule has 0 saturated heterocycles. The number of alkyl halides is 3. The Balaban J connectivity index is 2.97. The fraction of sp³-hybridized carbons (Fsp3) is 0.125. The molecule has 1 N–H and O–H groups in total. The van der Waals surface area contributed by atoms with Crippen molar-refractivity contribution in [2.24, 2.45) is 0 Å². The molecule has 0 unspecified atom stereocenters. The van der Waals surface area contributed by atoms with E-state index in [4.69, 9.17) is 10.4 Å². The van der Waals surface area contributed by atoms with Crippen LogP contribution in [0.5, 0.6) is 11.5 Å². The van der Waals surface area contributed by atoms with Crippen molar-refractivity contribution in [3.8, 4) is 17.6 Å². The minimum absolute atomic E-state index is 0.272. The molecule has 0 bridgehead atoms. The van der Waals surface area contributed by atoms with E-state index in [1.807, 2.05) is 0 Å². The van der Waals surface area contributed by atoms with Gasteiger partial charge in [0.05, 0.1) is 5.56 Å². The Bertz CT molecular complexity index is 381. The SMILES string of the molecule is N#Cc1cc(OC(F)(F)F)ccc1O. The lowest BCUT2D eigenvalue weighted by molar-refractivity contribution is -0.274. The Kier molecular flexibility index (Phi) is 2.51. The van der Waals surface area contributed by atoms with E-state index in [1.54, 1.807) is 0 Å². The molecule has 0 amide bonds. The molecule has 0 atom stereocenters. The number of benzene rings is 1. The third-order valence-corrected chi connectivity index (χ3v) is 1.32. The molecule has 0 heterocycles. The Morgan fingerprint density at radius 2 is 2.00 bits per heavy atom. The molecular weight excluding hydrogens is 199 g/mol. The molecule has 1 aromatic carbocycles. The van der Waals surface area contributed by atoms with Crippen molar-refractivity contribution in [1.29, 1.82) is 5.26 Å². The number of phenols is 1. The molecule has 3 nitrogen and oxygen atoms in total. The smallest absolute Gasteiger partial charge is 0.507 e. The summed E-state index contributed by atoms with van der Waals surface area (Å²) in [5.41, 5.74) is -0.272. The minimum atomic E-state index is -4.80. The quantitative estimate of drug-likeness (QED) is 0.760. The topological polar surface area (TPSA) is 53.2 Å². The molecule has 6 heteroatoms. The van der Waals surface area contributed by atoms with Crippen molar-refractivity contribution in [1.82, 2.24) is 0 Å². The predicted octanol–water partition coefficient (Wildman–Crippen LogP) is 2.16. The second-order valence-electron chi connectivity index (χ2n) is 2.34. The zero-order valence-electron chi connectivity index (χ0n) is 6.67. The van der Waals surface area contributed by atoms with Gasteiger partial charge in [0.25, 0.3) is 0 Å². The van der Waals surface area contributed by atoms with Gasteiger partial charge in [0.2, 0.25) is 0 Å². The molecule has 0 aliphatic carbocycles. The number of halogens is 3. The summed E-state index contributed by atoms with van der Waals surface area (Å²) in [6, 6.07) is 4.21. The Labute approximate surface area is 77.0 Å². The molecule has 1 rings (SSSR count). The van der Waals surface area contributed by atoms with Crippen LogP contribution in [-0.4, -0.2) is 11.5 Å². The van der Waals surface area contributed by atoms with Gasteiger partial charge in [-0.25, -0.2) is 0 Å². The van der Waals surface area contributed by atoms with Gasteiger partial charge in [-0.15, -0.1) is 13.2 Å². The number of nitrogens with zero attached hydrogens (tertiary/aromatic N) is 1. The van der Waals surface area contributed by atoms with Gasteiger partial charge in [-0.2, -0.15) is 5.26 Å². The number of aromatic hydroxyl groups is 1. The number of ether oxygens (including phenoxy) is 1. The van der Waals surface area contributed by atoms with Crippen LogP contribution in [0.25, 0.3) is 0 Å². The van der Waals surface area contributed by atoms with Crippen molar-refractivity contribution in [2.75, 3.05) is 0 Å². The van der Waals surface area contributed by atoms with E-state index in [9.17, 15) is 13.2 Å². The Hall–Kier alpha value is -1.90. The van der Waals surface area contributed by atoms with Crippen LogP contribution in [0, 0.1) is 11.3 Å². The van der Waals surface area contributed by atoms with Gasteiger partial charge in [0, 0.05) is 6.07 Å². The zero-order valence-corrected chi connectivity index (χ0v) is 6.67. The summed E-state index contributed by atoms with van der Waals surface area (Å²) in [6.45, 7) is 0. The van der Waals surface area contributed by atoms with Crippen LogP contribution in [0.2, 0.25) is 0 Å². The first kappa shape index (κ1) is 10.2. The van der Waals surface area contributed by atoms with Gasteiger partial charge < -0.3 is 9.84 Å². The third-order valence-electron chi connectivity index (χ3n) is 1.32. The molecule has 0 aromatic heterocycles. The fourth-order valence-electron chi connectivity index (χ4n) is 0.802. The van der Waals surface area contributed by atoms with Crippen molar-refractivity contribution in [3.63, 3.8) is 0 Å². The van der Waals surface area contributed by atoms with Crippen LogP contribution in [-0.2, 0) is 0 Å². The third kappa shape index (κ3) is 2.55. The van der Waals surface area contributed by atoms with Crippen molar-refractivity contribution < 1.29 is 23.0 Å². The van der Waals surface area contributed by atoms with Gasteiger partial charge in [0.1, 0.15) is 17.6 Å². The summed E-state index contributed by atoms with van der Waals surface area (Å²) in [5, 5.41) is 17.4. The van der Waals surface area contributed by atoms with Crippen molar-refractivity contribution in [2.45, 2.75) is 6.36 Å². The van der Waals surface area contributed by atoms with E-state index < -0.39 is 12.1 Å². The summed E-state index contributed by atoms with van der Waals surface area (Å²) in [4.78, 5) is 0. The summed E-state index contributed by atoms with van der Waals surface area (Å²) < 4.78 is 38.7. The van der Waals surface area contributed by atoms with Crippen molar-refractivity contribution in [3.05, 3.63) is 23.8 Å². The molecule has 0 aliphatic rings. The van der Waals surface area contributed by atoms with Crippen LogP contribution in [0.15, 0.2) is 18.2 Å². The lowest BCUT2D eigenvalue weighted by atomic mass is 10.2. The summed E-state index contributed by atoms with van der Waals surface area (Å²) in [7, 11) is 0. The van der Waals surface area contributed by atoms with Crippen LogP contribution in [0.1, 0.15) is 5.56 Å². The number of rotatable bonds is 1. The first-order valence-electron chi connectivity index (χ1n) is 3.41. The van der Waals surface area contributed by atoms with E-state index in [1.165, 1.54) is 6.07 Å². The van der Waals surface area contributed by atoms with E-state index in [2.05, 4.69) is 4.74 Å². The molecule has 0 saturated carbocycles. The molecule has 0 fully saturated rings. The normalized spacial score (nSPS) is 10.7. The highest BCUT2D eigenvalue weighted by atomic mass is 19.4. The summed E-state index contributed by atoms with van der Waals surface area (Å²) in [5.74, 6) is -0.922. The lowest BCUT2D eigenvalue weighted by Crippen LogP contribution is -2.17. The van der Waals surface area contributed by atoms with Crippen LogP contribution in [0.3, 0.4) is 0 Å². The van der Waals surface area contributed by atoms with E-state index >= 15 is 0 Å². The maximum atomic E-state index is 11.7. The second-order valence-corrected chi connectivity index (χ2v) is 2.34. The number of phenolic OH excluding ortho intramolecular Hbond substituents is 1. The highest BCUT2D eigenvalue weighted by Crippen LogP contribution is 2.26. The van der Waals surface area contributed by atoms with Crippen LogP contribution >= 0.6 is 0 Å². The van der Waals surface area contributed by atoms with Gasteiger partial charge >= 0.3 is 6.36 Å². The molecular formula is C8H4F3NO2. The minimum Gasteiger partial charge on any atom is -0.507 e. The maximum absolute atomic E-state index is 11.7. The molecule has 14 heavy (non-hydrogen) atoms. The van der Waals surface area contributed by atoms with Crippen LogP contribution < -0.4 is 4.74 Å². The maximum Gasteiger partial charge on any atom is 0.573 e. The molecule has 1 aromatic rings. The largest absolute Gasteiger partial charge is 0.573 e. The Morgan fingerprint density at radius 3 is 2.50 bits per heavy atom. The number of nitriles is 1. The monoisotopic (exact) mass is 203 g/mol. The molecule has 0 spiro atoms. The molecule has 0 radical (unpaired) electrons. The number of hydrogen-bond donors (Lipinski definition) is 1. The van der Waals surface area contributed by atoms with E-state index in [-0.39, 0.29) is 11.3 Å². The standard InChI is InChI=1S/C8H4F3NO2/c9-8(10,11)14-6-1-2-7(13)5(3-6)4-12/h1-3,13H. The van der Waals surface area contributed by atoms with Gasteiger partial charge in [-0.05, 0) is 12.1 Å². The molecule has 74 valence electrons. The summed E-state index contributed by atoms with van der Waals surface area (Å²) >= 11 is 0. The highest BCUT2D eigenvalue weighted by molar-refractivity contribution is 5.46. The van der Waals surface area contributed by atoms with Gasteiger partial charge in [0.15, 0.2) is 0 Å². The number of hydrogen-bond acceptors (Lipinski definition) is 3. The van der Waals surface area contributed by atoms with Crippen LogP contribution in [0.4, 0.5) is 13.2 Å².